The van der Waals surface area contributed by atoms with Gasteiger partial charge in [0.15, 0.2) is 14.3 Å². The fraction of sp³-hybridized carbons (Fsp3) is 0.118. The molecule has 3 rings (SSSR count). The standard InChI is InChI=1S/C17H14ClN3O4S2/c18-17-20-10-15(26-17)9-19-13-6-14(21(22)23)8-16(7-13)27(24,25)11-12-4-2-1-3-5-12/h1-8,10,19H,9,11H2. The molecule has 0 aliphatic carbocycles. The molecule has 1 heterocycles. The van der Waals surface area contributed by atoms with Gasteiger partial charge in [-0.15, -0.1) is 11.3 Å². The molecule has 27 heavy (non-hydrogen) atoms. The van der Waals surface area contributed by atoms with Crippen molar-refractivity contribution < 1.29 is 13.3 Å². The number of aromatic nitrogens is 1. The van der Waals surface area contributed by atoms with Crippen molar-refractivity contribution in [1.29, 1.82) is 0 Å². The molecule has 0 amide bonds. The lowest BCUT2D eigenvalue weighted by Crippen LogP contribution is -2.07. The highest BCUT2D eigenvalue weighted by molar-refractivity contribution is 7.90. The minimum absolute atomic E-state index is 0.106. The Morgan fingerprint density at radius 2 is 1.93 bits per heavy atom. The van der Waals surface area contributed by atoms with E-state index in [0.29, 0.717) is 22.3 Å². The van der Waals surface area contributed by atoms with Crippen LogP contribution in [0.3, 0.4) is 0 Å². The van der Waals surface area contributed by atoms with Gasteiger partial charge in [0.05, 0.1) is 22.1 Å². The molecule has 1 N–H and O–H groups in total. The van der Waals surface area contributed by atoms with E-state index in [1.54, 1.807) is 36.5 Å². The molecule has 10 heteroatoms. The Balaban J connectivity index is 1.89. The number of halogens is 1. The van der Waals surface area contributed by atoms with Gasteiger partial charge in [-0.3, -0.25) is 10.1 Å². The third-order valence-corrected chi connectivity index (χ3v) is 6.43. The van der Waals surface area contributed by atoms with Crippen molar-refractivity contribution in [3.63, 3.8) is 0 Å². The molecule has 0 aliphatic rings. The number of rotatable bonds is 7. The molecule has 0 saturated carbocycles. The molecule has 2 aromatic carbocycles. The second-order valence-corrected chi connectivity index (χ2v) is 9.34. The molecule has 1 aromatic heterocycles. The van der Waals surface area contributed by atoms with Gasteiger partial charge in [-0.2, -0.15) is 0 Å². The van der Waals surface area contributed by atoms with Gasteiger partial charge in [0.2, 0.25) is 0 Å². The first-order chi connectivity index (χ1) is 12.8. The van der Waals surface area contributed by atoms with Gasteiger partial charge in [-0.1, -0.05) is 41.9 Å². The van der Waals surface area contributed by atoms with E-state index in [1.807, 2.05) is 0 Å². The number of nitrogens with one attached hydrogen (secondary N) is 1. The van der Waals surface area contributed by atoms with Crippen LogP contribution in [-0.2, 0) is 22.1 Å². The van der Waals surface area contributed by atoms with Crippen molar-refractivity contribution in [1.82, 2.24) is 4.98 Å². The van der Waals surface area contributed by atoms with E-state index < -0.39 is 14.8 Å². The van der Waals surface area contributed by atoms with Gasteiger partial charge in [-0.25, -0.2) is 13.4 Å². The van der Waals surface area contributed by atoms with Crippen LogP contribution in [0, 0.1) is 10.1 Å². The molecular weight excluding hydrogens is 410 g/mol. The number of thiazole rings is 1. The summed E-state index contributed by atoms with van der Waals surface area (Å²) in [5.41, 5.74) is 0.646. The van der Waals surface area contributed by atoms with E-state index in [1.165, 1.54) is 23.5 Å². The molecule has 0 atom stereocenters. The van der Waals surface area contributed by atoms with Crippen LogP contribution in [0.4, 0.5) is 11.4 Å². The first kappa shape index (κ1) is 19.3. The molecule has 7 nitrogen and oxygen atoms in total. The summed E-state index contributed by atoms with van der Waals surface area (Å²) in [6.07, 6.45) is 1.59. The number of nitrogens with zero attached hydrogens (tertiary/aromatic N) is 2. The second-order valence-electron chi connectivity index (χ2n) is 5.65. The van der Waals surface area contributed by atoms with E-state index in [-0.39, 0.29) is 16.3 Å². The summed E-state index contributed by atoms with van der Waals surface area (Å²) < 4.78 is 25.8. The lowest BCUT2D eigenvalue weighted by atomic mass is 10.2. The van der Waals surface area contributed by atoms with Crippen LogP contribution >= 0.6 is 22.9 Å². The maximum Gasteiger partial charge on any atom is 0.272 e. The predicted molar refractivity (Wildman–Crippen MR) is 105 cm³/mol. The van der Waals surface area contributed by atoms with Crippen LogP contribution in [0.2, 0.25) is 4.47 Å². The van der Waals surface area contributed by atoms with Gasteiger partial charge < -0.3 is 5.32 Å². The molecule has 0 unspecified atom stereocenters. The Morgan fingerprint density at radius 1 is 1.19 bits per heavy atom. The highest BCUT2D eigenvalue weighted by Gasteiger charge is 2.20. The summed E-state index contributed by atoms with van der Waals surface area (Å²) in [6, 6.07) is 12.4. The van der Waals surface area contributed by atoms with E-state index in [2.05, 4.69) is 10.3 Å². The number of nitro benzene ring substituents is 1. The summed E-state index contributed by atoms with van der Waals surface area (Å²) in [6.45, 7) is 0.323. The predicted octanol–water partition coefficient (Wildman–Crippen LogP) is 4.29. The number of anilines is 1. The Bertz CT molecular complexity index is 1070. The molecule has 0 bridgehead atoms. The quantitative estimate of drug-likeness (QED) is 0.449. The first-order valence-electron chi connectivity index (χ1n) is 7.74. The van der Waals surface area contributed by atoms with Crippen LogP contribution in [0.25, 0.3) is 0 Å². The number of sulfone groups is 1. The lowest BCUT2D eigenvalue weighted by Gasteiger charge is -2.09. The third-order valence-electron chi connectivity index (χ3n) is 3.65. The number of benzene rings is 2. The molecule has 0 fully saturated rings. The summed E-state index contributed by atoms with van der Waals surface area (Å²) in [7, 11) is -3.75. The van der Waals surface area contributed by atoms with E-state index >= 15 is 0 Å². The minimum Gasteiger partial charge on any atom is -0.380 e. The smallest absolute Gasteiger partial charge is 0.272 e. The molecule has 0 saturated heterocycles. The summed E-state index contributed by atoms with van der Waals surface area (Å²) >= 11 is 7.05. The van der Waals surface area contributed by atoms with E-state index in [0.717, 1.165) is 10.9 Å². The monoisotopic (exact) mass is 423 g/mol. The van der Waals surface area contributed by atoms with Gasteiger partial charge in [0.25, 0.3) is 5.69 Å². The summed E-state index contributed by atoms with van der Waals surface area (Å²) in [4.78, 5) is 15.2. The fourth-order valence-corrected chi connectivity index (χ4v) is 4.72. The lowest BCUT2D eigenvalue weighted by molar-refractivity contribution is -0.385. The first-order valence-corrected chi connectivity index (χ1v) is 10.6. The molecule has 0 radical (unpaired) electrons. The van der Waals surface area contributed by atoms with Gasteiger partial charge >= 0.3 is 0 Å². The van der Waals surface area contributed by atoms with Gasteiger partial charge in [0.1, 0.15) is 0 Å². The molecule has 0 spiro atoms. The van der Waals surface area contributed by atoms with Crippen LogP contribution in [0.1, 0.15) is 10.4 Å². The second kappa shape index (κ2) is 8.03. The highest BCUT2D eigenvalue weighted by Crippen LogP contribution is 2.27. The molecule has 0 aliphatic heterocycles. The summed E-state index contributed by atoms with van der Waals surface area (Å²) in [5.74, 6) is -0.237. The Kier molecular flexibility index (Phi) is 5.73. The van der Waals surface area contributed by atoms with Crippen molar-refractivity contribution in [3.8, 4) is 0 Å². The third kappa shape index (κ3) is 5.03. The Hall–Kier alpha value is -2.49. The SMILES string of the molecule is O=[N+]([O-])c1cc(NCc2cnc(Cl)s2)cc(S(=O)(=O)Cc2ccccc2)c1. The van der Waals surface area contributed by atoms with Crippen molar-refractivity contribution in [2.75, 3.05) is 5.32 Å². The molecule has 3 aromatic rings. The van der Waals surface area contributed by atoms with Gasteiger partial charge in [-0.05, 0) is 11.6 Å². The van der Waals surface area contributed by atoms with Gasteiger partial charge in [0, 0.05) is 28.9 Å². The maximum absolute atomic E-state index is 12.7. The minimum atomic E-state index is -3.75. The van der Waals surface area contributed by atoms with Crippen LogP contribution in [0.15, 0.2) is 59.6 Å². The van der Waals surface area contributed by atoms with E-state index in [9.17, 15) is 18.5 Å². The molecule has 140 valence electrons. The zero-order valence-electron chi connectivity index (χ0n) is 13.8. The molecular formula is C17H14ClN3O4S2. The Morgan fingerprint density at radius 3 is 2.56 bits per heavy atom. The van der Waals surface area contributed by atoms with Crippen molar-refractivity contribution in [2.45, 2.75) is 17.2 Å². The maximum atomic E-state index is 12.7. The van der Waals surface area contributed by atoms with Crippen LogP contribution < -0.4 is 5.32 Å². The van der Waals surface area contributed by atoms with Crippen molar-refractivity contribution in [2.24, 2.45) is 0 Å². The van der Waals surface area contributed by atoms with Crippen molar-refractivity contribution in [3.05, 3.63) is 79.7 Å². The summed E-state index contributed by atoms with van der Waals surface area (Å²) in [5, 5.41) is 14.2. The average Bonchev–Trinajstić information content (AvgIpc) is 3.05. The average molecular weight is 424 g/mol. The normalized spacial score (nSPS) is 11.3. The Labute approximate surface area is 164 Å². The largest absolute Gasteiger partial charge is 0.380 e. The zero-order valence-corrected chi connectivity index (χ0v) is 16.2. The van der Waals surface area contributed by atoms with Crippen LogP contribution in [-0.4, -0.2) is 18.3 Å². The topological polar surface area (TPSA) is 102 Å². The van der Waals surface area contributed by atoms with E-state index in [4.69, 9.17) is 11.6 Å². The number of hydrogen-bond acceptors (Lipinski definition) is 7. The van der Waals surface area contributed by atoms with Crippen LogP contribution in [0.5, 0.6) is 0 Å². The zero-order chi connectivity index (χ0) is 19.4. The number of hydrogen-bond donors (Lipinski definition) is 1. The number of non-ortho nitro benzene ring substituents is 1. The fourth-order valence-electron chi connectivity index (χ4n) is 2.40. The van der Waals surface area contributed by atoms with Crippen molar-refractivity contribution >= 4 is 44.1 Å². The highest BCUT2D eigenvalue weighted by atomic mass is 35.5. The number of nitro groups is 1.